The van der Waals surface area contributed by atoms with Crippen molar-refractivity contribution in [3.05, 3.63) is 151 Å². The second-order valence-electron chi connectivity index (χ2n) is 12.0. The van der Waals surface area contributed by atoms with Gasteiger partial charge in [-0.05, 0) is 70.8 Å². The molecule has 0 unspecified atom stereocenters. The van der Waals surface area contributed by atoms with Gasteiger partial charge in [-0.1, -0.05) is 97.1 Å². The standard InChI is InChI=1S/C43H24N2OS/c44-25-29-22-28(30-14-9-19-40-41(30)33-13-5-7-18-39(33)46-40)24-35-32-15-8-17-38(43(32)47-42(29)35)45-36-16-6-4-12-31(36)34-23-27(20-21-37(34)45)26-10-2-1-3-11-26/h1-24H. The highest BCUT2D eigenvalue weighted by Crippen LogP contribution is 2.45. The molecule has 7 aromatic carbocycles. The third kappa shape index (κ3) is 3.78. The van der Waals surface area contributed by atoms with E-state index < -0.39 is 0 Å². The third-order valence-electron chi connectivity index (χ3n) is 9.43. The molecular formula is C43H24N2OS. The highest BCUT2D eigenvalue weighted by molar-refractivity contribution is 7.26. The lowest BCUT2D eigenvalue weighted by molar-refractivity contribution is 0.669. The SMILES string of the molecule is N#Cc1cc(-c2cccc3oc4ccccc4c23)cc2c1sc1c(-n3c4ccccc4c4cc(-c5ccccc5)ccc43)cccc12. The first-order valence-electron chi connectivity index (χ1n) is 15.7. The Hall–Kier alpha value is -6.15. The summed E-state index contributed by atoms with van der Waals surface area (Å²) in [4.78, 5) is 0. The van der Waals surface area contributed by atoms with Crippen LogP contribution in [0.5, 0.6) is 0 Å². The quantitative estimate of drug-likeness (QED) is 0.198. The minimum Gasteiger partial charge on any atom is -0.456 e. The number of para-hydroxylation sites is 2. The van der Waals surface area contributed by atoms with Gasteiger partial charge in [-0.2, -0.15) is 5.26 Å². The predicted octanol–water partition coefficient (Wildman–Crippen LogP) is 12.3. The molecule has 3 aromatic heterocycles. The van der Waals surface area contributed by atoms with Crippen molar-refractivity contribution in [2.24, 2.45) is 0 Å². The Kier molecular flexibility index (Phi) is 5.51. The fourth-order valence-corrected chi connectivity index (χ4v) is 8.61. The number of rotatable bonds is 3. The van der Waals surface area contributed by atoms with Crippen molar-refractivity contribution in [1.82, 2.24) is 4.57 Å². The summed E-state index contributed by atoms with van der Waals surface area (Å²) >= 11 is 1.70. The summed E-state index contributed by atoms with van der Waals surface area (Å²) in [6, 6.07) is 53.7. The number of furan rings is 1. The van der Waals surface area contributed by atoms with E-state index in [1.54, 1.807) is 11.3 Å². The molecule has 0 amide bonds. The van der Waals surface area contributed by atoms with Crippen LogP contribution in [0.15, 0.2) is 150 Å². The summed E-state index contributed by atoms with van der Waals surface area (Å²) in [5.74, 6) is 0. The number of nitrogens with zero attached hydrogens (tertiary/aromatic N) is 2. The van der Waals surface area contributed by atoms with Crippen molar-refractivity contribution in [1.29, 1.82) is 5.26 Å². The zero-order valence-electron chi connectivity index (χ0n) is 25.1. The van der Waals surface area contributed by atoms with Gasteiger partial charge in [-0.3, -0.25) is 0 Å². The van der Waals surface area contributed by atoms with Crippen LogP contribution in [-0.4, -0.2) is 4.57 Å². The predicted molar refractivity (Wildman–Crippen MR) is 197 cm³/mol. The van der Waals surface area contributed by atoms with Gasteiger partial charge in [0.05, 0.1) is 31.7 Å². The zero-order valence-corrected chi connectivity index (χ0v) is 25.9. The molecule has 0 radical (unpaired) electrons. The molecule has 0 spiro atoms. The monoisotopic (exact) mass is 616 g/mol. The molecule has 0 atom stereocenters. The Bertz CT molecular complexity index is 2920. The minimum atomic E-state index is 0.684. The number of nitriles is 1. The van der Waals surface area contributed by atoms with E-state index in [4.69, 9.17) is 4.42 Å². The molecule has 47 heavy (non-hydrogen) atoms. The van der Waals surface area contributed by atoms with Crippen molar-refractivity contribution >= 4 is 75.3 Å². The summed E-state index contributed by atoms with van der Waals surface area (Å²) in [5.41, 5.74) is 10.3. The van der Waals surface area contributed by atoms with Crippen LogP contribution in [0, 0.1) is 11.3 Å². The molecule has 0 saturated carbocycles. The first-order valence-corrected chi connectivity index (χ1v) is 16.5. The molecule has 0 aliphatic rings. The topological polar surface area (TPSA) is 41.9 Å². The van der Waals surface area contributed by atoms with Crippen LogP contribution in [0.4, 0.5) is 0 Å². The number of hydrogen-bond acceptors (Lipinski definition) is 3. The van der Waals surface area contributed by atoms with Crippen molar-refractivity contribution < 1.29 is 4.42 Å². The van der Waals surface area contributed by atoms with Crippen LogP contribution in [0.3, 0.4) is 0 Å². The van der Waals surface area contributed by atoms with Gasteiger partial charge in [0.2, 0.25) is 0 Å². The lowest BCUT2D eigenvalue weighted by atomic mass is 9.96. The van der Waals surface area contributed by atoms with Crippen molar-refractivity contribution in [2.45, 2.75) is 0 Å². The van der Waals surface area contributed by atoms with Crippen LogP contribution in [-0.2, 0) is 0 Å². The van der Waals surface area contributed by atoms with Gasteiger partial charge in [-0.15, -0.1) is 11.3 Å². The van der Waals surface area contributed by atoms with Gasteiger partial charge < -0.3 is 8.98 Å². The maximum Gasteiger partial charge on any atom is 0.136 e. The molecule has 3 nitrogen and oxygen atoms in total. The maximum absolute atomic E-state index is 10.5. The Morgan fingerprint density at radius 1 is 0.511 bits per heavy atom. The minimum absolute atomic E-state index is 0.684. The van der Waals surface area contributed by atoms with Gasteiger partial charge in [0.15, 0.2) is 0 Å². The number of hydrogen-bond donors (Lipinski definition) is 0. The number of aromatic nitrogens is 1. The fraction of sp³-hybridized carbons (Fsp3) is 0. The molecule has 10 aromatic rings. The summed E-state index contributed by atoms with van der Waals surface area (Å²) in [6.07, 6.45) is 0. The molecule has 0 aliphatic heterocycles. The van der Waals surface area contributed by atoms with E-state index in [1.807, 2.05) is 36.4 Å². The van der Waals surface area contributed by atoms with Gasteiger partial charge in [0.1, 0.15) is 17.2 Å². The van der Waals surface area contributed by atoms with E-state index >= 15 is 0 Å². The largest absolute Gasteiger partial charge is 0.456 e. The van der Waals surface area contributed by atoms with E-state index in [-0.39, 0.29) is 0 Å². The van der Waals surface area contributed by atoms with E-state index in [1.165, 1.54) is 21.9 Å². The van der Waals surface area contributed by atoms with Gasteiger partial charge in [0, 0.05) is 32.3 Å². The van der Waals surface area contributed by atoms with Crippen LogP contribution in [0.2, 0.25) is 0 Å². The molecule has 3 heterocycles. The summed E-state index contributed by atoms with van der Waals surface area (Å²) in [7, 11) is 0. The molecule has 0 N–H and O–H groups in total. The van der Waals surface area contributed by atoms with E-state index in [9.17, 15) is 5.26 Å². The van der Waals surface area contributed by atoms with E-state index in [2.05, 4.69) is 120 Å². The lowest BCUT2D eigenvalue weighted by Gasteiger charge is -2.10. The summed E-state index contributed by atoms with van der Waals surface area (Å²) in [5, 5.41) is 17.3. The zero-order chi connectivity index (χ0) is 31.1. The van der Waals surface area contributed by atoms with Crippen LogP contribution in [0.25, 0.3) is 91.9 Å². The molecule has 0 bridgehead atoms. The number of benzene rings is 7. The summed E-state index contributed by atoms with van der Waals surface area (Å²) < 4.78 is 10.8. The molecule has 4 heteroatoms. The molecule has 0 saturated heterocycles. The van der Waals surface area contributed by atoms with Crippen LogP contribution < -0.4 is 0 Å². The second kappa shape index (κ2) is 9.92. The third-order valence-corrected chi connectivity index (χ3v) is 10.7. The van der Waals surface area contributed by atoms with Gasteiger partial charge in [-0.25, -0.2) is 0 Å². The van der Waals surface area contributed by atoms with Crippen LogP contribution >= 0.6 is 11.3 Å². The van der Waals surface area contributed by atoms with Crippen molar-refractivity contribution in [2.75, 3.05) is 0 Å². The normalized spacial score (nSPS) is 11.8. The molecule has 0 aliphatic carbocycles. The Morgan fingerprint density at radius 2 is 1.23 bits per heavy atom. The molecule has 0 fully saturated rings. The Morgan fingerprint density at radius 3 is 2.13 bits per heavy atom. The maximum atomic E-state index is 10.5. The van der Waals surface area contributed by atoms with Gasteiger partial charge >= 0.3 is 0 Å². The smallest absolute Gasteiger partial charge is 0.136 e. The van der Waals surface area contributed by atoms with Crippen LogP contribution in [0.1, 0.15) is 5.56 Å². The fourth-order valence-electron chi connectivity index (χ4n) is 7.36. The van der Waals surface area contributed by atoms with E-state index in [0.717, 1.165) is 70.0 Å². The molecule has 10 rings (SSSR count). The van der Waals surface area contributed by atoms with E-state index in [0.29, 0.717) is 5.56 Å². The Balaban J connectivity index is 1.24. The first-order chi connectivity index (χ1) is 23.3. The van der Waals surface area contributed by atoms with Gasteiger partial charge in [0.25, 0.3) is 0 Å². The van der Waals surface area contributed by atoms with Crippen molar-refractivity contribution in [3.8, 4) is 34.0 Å². The lowest BCUT2D eigenvalue weighted by Crippen LogP contribution is -1.93. The highest BCUT2D eigenvalue weighted by atomic mass is 32.1. The molecule has 218 valence electrons. The highest BCUT2D eigenvalue weighted by Gasteiger charge is 2.20. The Labute approximate surface area is 273 Å². The number of thiophene rings is 1. The second-order valence-corrected chi connectivity index (χ2v) is 13.0. The van der Waals surface area contributed by atoms with Crippen molar-refractivity contribution in [3.63, 3.8) is 0 Å². The average Bonchev–Trinajstić information content (AvgIpc) is 3.81. The summed E-state index contributed by atoms with van der Waals surface area (Å²) in [6.45, 7) is 0. The molecular weight excluding hydrogens is 593 g/mol. The average molecular weight is 617 g/mol. The number of fused-ring (bicyclic) bond motifs is 9. The first kappa shape index (κ1) is 26.1.